The molecular weight excluding hydrogens is 792 g/mol. The normalized spacial score (nSPS) is 19.7. The molecule has 8 nitrogen and oxygen atoms in total. The molecule has 0 bridgehead atoms. The highest BCUT2D eigenvalue weighted by Crippen LogP contribution is 2.37. The quantitative estimate of drug-likeness (QED) is 0.245. The van der Waals surface area contributed by atoms with E-state index in [4.69, 9.17) is 11.6 Å². The van der Waals surface area contributed by atoms with Gasteiger partial charge in [0.25, 0.3) is 0 Å². The second kappa shape index (κ2) is 17.8. The monoisotopic (exact) mass is 838 g/mol. The summed E-state index contributed by atoms with van der Waals surface area (Å²) in [5.74, 6) is 0. The maximum atomic E-state index is 12.7. The number of hydrogen-bond acceptors (Lipinski definition) is 5. The van der Waals surface area contributed by atoms with Crippen LogP contribution in [0.3, 0.4) is 0 Å². The number of hydrogen-bond donors (Lipinski definition) is 1. The lowest BCUT2D eigenvalue weighted by atomic mass is 9.96. The number of amides is 3. The summed E-state index contributed by atoms with van der Waals surface area (Å²) < 4.78 is 2.08. The highest BCUT2D eigenvalue weighted by atomic mass is 79.9. The molecular formula is C40H49Br2ClN6O2. The van der Waals surface area contributed by atoms with E-state index < -0.39 is 0 Å². The first kappa shape index (κ1) is 38.0. The maximum absolute atomic E-state index is 12.7. The van der Waals surface area contributed by atoms with Crippen LogP contribution >= 0.6 is 43.5 Å². The number of urea groups is 1. The van der Waals surface area contributed by atoms with Crippen molar-refractivity contribution in [3.8, 4) is 0 Å². The number of carbonyl (C=O) groups excluding carboxylic acids is 2. The van der Waals surface area contributed by atoms with Crippen LogP contribution in [0.15, 0.2) is 68.9 Å². The van der Waals surface area contributed by atoms with Gasteiger partial charge in [-0.1, -0.05) is 50.0 Å². The van der Waals surface area contributed by atoms with Gasteiger partial charge in [-0.2, -0.15) is 0 Å². The molecule has 0 unspecified atom stereocenters. The van der Waals surface area contributed by atoms with Crippen LogP contribution in [0, 0.1) is 0 Å². The van der Waals surface area contributed by atoms with Crippen LogP contribution in [0.2, 0.25) is 0 Å². The highest BCUT2D eigenvalue weighted by Gasteiger charge is 2.29. The first-order valence-electron chi connectivity index (χ1n) is 18.4. The van der Waals surface area contributed by atoms with Crippen molar-refractivity contribution in [2.45, 2.75) is 89.1 Å². The Morgan fingerprint density at radius 3 is 1.78 bits per heavy atom. The SMILES string of the molecule is Brc1cnc2c(c1)C(C1=CCNCC1)=CC2.CN(C(=O)Cl)C1CCCC1.CN(C(=O)N1CC=C(C2=CCc3ncc(Br)cc32)CC1)C1CCCC1. The minimum atomic E-state index is -0.327. The van der Waals surface area contributed by atoms with Crippen molar-refractivity contribution in [3.05, 3.63) is 91.4 Å². The van der Waals surface area contributed by atoms with Crippen molar-refractivity contribution in [1.29, 1.82) is 0 Å². The molecule has 2 aromatic heterocycles. The predicted octanol–water partition coefficient (Wildman–Crippen LogP) is 9.33. The number of allylic oxidation sites excluding steroid dienone is 4. The lowest BCUT2D eigenvalue weighted by Gasteiger charge is -2.33. The summed E-state index contributed by atoms with van der Waals surface area (Å²) in [6.45, 7) is 3.58. The van der Waals surface area contributed by atoms with E-state index in [9.17, 15) is 9.59 Å². The van der Waals surface area contributed by atoms with E-state index >= 15 is 0 Å². The van der Waals surface area contributed by atoms with Crippen molar-refractivity contribution < 1.29 is 9.59 Å². The average Bonchev–Trinajstić information content (AvgIpc) is 3.99. The van der Waals surface area contributed by atoms with Gasteiger partial charge in [-0.15, -0.1) is 0 Å². The Morgan fingerprint density at radius 2 is 1.31 bits per heavy atom. The number of nitrogens with zero attached hydrogens (tertiary/aromatic N) is 5. The van der Waals surface area contributed by atoms with E-state index in [1.807, 2.05) is 29.2 Å². The van der Waals surface area contributed by atoms with Crippen molar-refractivity contribution in [2.24, 2.45) is 0 Å². The number of rotatable bonds is 4. The molecule has 11 heteroatoms. The molecule has 1 N–H and O–H groups in total. The van der Waals surface area contributed by atoms with Gasteiger partial charge in [-0.3, -0.25) is 14.8 Å². The van der Waals surface area contributed by atoms with E-state index in [2.05, 4.69) is 83.6 Å². The first-order chi connectivity index (χ1) is 24.7. The molecule has 0 radical (unpaired) electrons. The maximum Gasteiger partial charge on any atom is 0.320 e. The Kier molecular flexibility index (Phi) is 13.3. The standard InChI is InChI=1S/C20H24BrN3O.C13H13BrN2.C7H12ClNO/c1-23(16-4-2-3-5-16)20(25)24-10-8-14(9-11-24)17-6-7-19-18(17)12-15(21)13-22-19;14-10-7-12-11(1-2-13(12)16-8-10)9-3-5-15-6-4-9;1-9(7(8)10)6-4-2-3-5-6/h6,8,12-13,16H,2-5,7,9-11H2,1H3;1,3,7-8,15H,2,4-6H2;6H,2-5H2,1H3. The van der Waals surface area contributed by atoms with Gasteiger partial charge in [0.15, 0.2) is 0 Å². The molecule has 0 saturated heterocycles. The largest absolute Gasteiger partial charge is 0.329 e. The topological polar surface area (TPSA) is 81.7 Å². The molecule has 2 fully saturated rings. The van der Waals surface area contributed by atoms with Crippen LogP contribution < -0.4 is 5.32 Å². The second-order valence-electron chi connectivity index (χ2n) is 14.2. The smallest absolute Gasteiger partial charge is 0.320 e. The molecule has 4 heterocycles. The summed E-state index contributed by atoms with van der Waals surface area (Å²) >= 11 is 12.3. The van der Waals surface area contributed by atoms with Crippen LogP contribution in [0.4, 0.5) is 9.59 Å². The number of aromatic nitrogens is 2. The molecule has 0 aromatic carbocycles. The first-order valence-corrected chi connectivity index (χ1v) is 20.4. The fourth-order valence-electron chi connectivity index (χ4n) is 8.01. The number of fused-ring (bicyclic) bond motifs is 2. The summed E-state index contributed by atoms with van der Waals surface area (Å²) in [5, 5.41) is 3.02. The molecule has 3 amide bonds. The van der Waals surface area contributed by atoms with E-state index in [0.717, 1.165) is 85.6 Å². The summed E-state index contributed by atoms with van der Waals surface area (Å²) in [6.07, 6.45) is 26.3. The third kappa shape index (κ3) is 9.42. The molecule has 272 valence electrons. The number of nitrogens with one attached hydrogen (secondary N) is 1. The number of carbonyl (C=O) groups is 2. The van der Waals surface area contributed by atoms with Gasteiger partial charge in [-0.05, 0) is 123 Å². The fraction of sp³-hybridized carbons (Fsp3) is 0.500. The Balaban J connectivity index is 0.000000147. The molecule has 8 rings (SSSR count). The number of halogens is 3. The summed E-state index contributed by atoms with van der Waals surface area (Å²) in [7, 11) is 3.74. The van der Waals surface area contributed by atoms with Crippen LogP contribution in [-0.4, -0.2) is 88.4 Å². The lowest BCUT2D eigenvalue weighted by molar-refractivity contribution is 0.150. The van der Waals surface area contributed by atoms with Crippen molar-refractivity contribution >= 4 is 66.0 Å². The van der Waals surface area contributed by atoms with Crippen LogP contribution in [0.25, 0.3) is 11.1 Å². The van der Waals surface area contributed by atoms with E-state index in [1.165, 1.54) is 64.8 Å². The predicted molar refractivity (Wildman–Crippen MR) is 214 cm³/mol. The van der Waals surface area contributed by atoms with Crippen molar-refractivity contribution in [3.63, 3.8) is 0 Å². The molecule has 0 atom stereocenters. The van der Waals surface area contributed by atoms with Gasteiger partial charge in [0, 0.05) is 91.1 Å². The molecule has 6 aliphatic rings. The molecule has 2 saturated carbocycles. The van der Waals surface area contributed by atoms with Gasteiger partial charge in [0.2, 0.25) is 0 Å². The van der Waals surface area contributed by atoms with Crippen LogP contribution in [0.5, 0.6) is 0 Å². The average molecular weight is 841 g/mol. The lowest BCUT2D eigenvalue weighted by Crippen LogP contribution is -2.46. The molecule has 51 heavy (non-hydrogen) atoms. The highest BCUT2D eigenvalue weighted by molar-refractivity contribution is 9.10. The Labute approximate surface area is 324 Å². The van der Waals surface area contributed by atoms with Crippen molar-refractivity contribution in [2.75, 3.05) is 40.3 Å². The zero-order valence-electron chi connectivity index (χ0n) is 29.8. The molecule has 2 aliphatic heterocycles. The summed E-state index contributed by atoms with van der Waals surface area (Å²) in [6, 6.07) is 5.38. The van der Waals surface area contributed by atoms with Gasteiger partial charge < -0.3 is 20.0 Å². The summed E-state index contributed by atoms with van der Waals surface area (Å²) in [5.41, 5.74) is 10.4. The fourth-order valence-corrected chi connectivity index (χ4v) is 8.81. The van der Waals surface area contributed by atoms with Gasteiger partial charge in [-0.25, -0.2) is 4.79 Å². The molecule has 0 spiro atoms. The Bertz CT molecular complexity index is 1730. The number of pyridine rings is 2. The van der Waals surface area contributed by atoms with Gasteiger partial charge in [0.1, 0.15) is 0 Å². The zero-order chi connectivity index (χ0) is 35.9. The molecule has 2 aromatic rings. The van der Waals surface area contributed by atoms with Crippen LogP contribution in [0.1, 0.15) is 86.7 Å². The van der Waals surface area contributed by atoms with E-state index in [-0.39, 0.29) is 11.4 Å². The van der Waals surface area contributed by atoms with Gasteiger partial charge in [0.05, 0.1) is 11.4 Å². The minimum absolute atomic E-state index is 0.187. The Morgan fingerprint density at radius 1 is 0.784 bits per heavy atom. The second-order valence-corrected chi connectivity index (χ2v) is 16.3. The summed E-state index contributed by atoms with van der Waals surface area (Å²) in [4.78, 5) is 37.9. The minimum Gasteiger partial charge on any atom is -0.329 e. The van der Waals surface area contributed by atoms with Crippen molar-refractivity contribution in [1.82, 2.24) is 30.0 Å². The zero-order valence-corrected chi connectivity index (χ0v) is 33.7. The van der Waals surface area contributed by atoms with Gasteiger partial charge >= 0.3 is 11.4 Å². The Hall–Kier alpha value is -2.79. The van der Waals surface area contributed by atoms with E-state index in [0.29, 0.717) is 18.6 Å². The third-order valence-electron chi connectivity index (χ3n) is 11.0. The van der Waals surface area contributed by atoms with E-state index in [1.54, 1.807) is 11.9 Å². The van der Waals surface area contributed by atoms with Crippen LogP contribution in [-0.2, 0) is 12.8 Å². The third-order valence-corrected chi connectivity index (χ3v) is 12.1. The molecule has 4 aliphatic carbocycles.